The van der Waals surface area contributed by atoms with E-state index in [9.17, 15) is 19.6 Å². The number of rotatable bonds is 8. The maximum atomic E-state index is 13.1. The fourth-order valence-electron chi connectivity index (χ4n) is 4.88. The van der Waals surface area contributed by atoms with Crippen LogP contribution in [-0.2, 0) is 16.2 Å². The Labute approximate surface area is 254 Å². The first kappa shape index (κ1) is 29.4. The number of imide groups is 1. The molecule has 1 fully saturated rings. The predicted octanol–water partition coefficient (Wildman–Crippen LogP) is 6.84. The molecule has 1 N–H and O–H groups in total. The minimum atomic E-state index is -0.491. The molecule has 43 heavy (non-hydrogen) atoms. The molecule has 0 radical (unpaired) electrons. The van der Waals surface area contributed by atoms with Crippen LogP contribution in [0.1, 0.15) is 39.2 Å². The number of aryl methyl sites for hydroxylation is 3. The van der Waals surface area contributed by atoms with Crippen molar-refractivity contribution in [1.82, 2.24) is 9.47 Å². The molecule has 0 aliphatic carbocycles. The molecule has 0 atom stereocenters. The van der Waals surface area contributed by atoms with E-state index in [0.29, 0.717) is 17.0 Å². The smallest absolute Gasteiger partial charge is 0.294 e. The van der Waals surface area contributed by atoms with E-state index in [1.54, 1.807) is 18.2 Å². The summed E-state index contributed by atoms with van der Waals surface area (Å²) in [5.74, 6) is -0.254. The van der Waals surface area contributed by atoms with Gasteiger partial charge in [0.05, 0.1) is 16.5 Å². The van der Waals surface area contributed by atoms with Crippen molar-refractivity contribution in [1.29, 1.82) is 5.26 Å². The topological polar surface area (TPSA) is 104 Å². The summed E-state index contributed by atoms with van der Waals surface area (Å²) in [6, 6.07) is 24.7. The molecule has 2 heterocycles. The van der Waals surface area contributed by atoms with Gasteiger partial charge in [-0.25, -0.2) is 0 Å². The van der Waals surface area contributed by atoms with Crippen LogP contribution in [0.15, 0.2) is 77.7 Å². The quantitative estimate of drug-likeness (QED) is 0.226. The lowest BCUT2D eigenvalue weighted by atomic mass is 10.1. The number of anilines is 1. The first-order valence-electron chi connectivity index (χ1n) is 13.7. The number of nitriles is 1. The first-order chi connectivity index (χ1) is 20.6. The summed E-state index contributed by atoms with van der Waals surface area (Å²) in [7, 11) is 0. The molecule has 1 saturated heterocycles. The number of carbonyl (C=O) groups is 3. The van der Waals surface area contributed by atoms with Crippen LogP contribution in [0.5, 0.6) is 5.75 Å². The van der Waals surface area contributed by atoms with Gasteiger partial charge in [-0.1, -0.05) is 24.3 Å². The van der Waals surface area contributed by atoms with Gasteiger partial charge in [0.25, 0.3) is 11.1 Å². The molecule has 0 unspecified atom stereocenters. The van der Waals surface area contributed by atoms with Gasteiger partial charge in [-0.2, -0.15) is 5.26 Å². The highest BCUT2D eigenvalue weighted by atomic mass is 32.2. The Morgan fingerprint density at radius 3 is 2.44 bits per heavy atom. The number of nitrogens with zero attached hydrogens (tertiary/aromatic N) is 3. The molecule has 1 aliphatic rings. The highest BCUT2D eigenvalue weighted by Crippen LogP contribution is 2.34. The van der Waals surface area contributed by atoms with Gasteiger partial charge in [-0.15, -0.1) is 0 Å². The zero-order valence-corrected chi connectivity index (χ0v) is 25.1. The summed E-state index contributed by atoms with van der Waals surface area (Å²) in [6.07, 6.45) is 1.70. The number of amides is 3. The number of hydrogen-bond donors (Lipinski definition) is 1. The number of hydrogen-bond acceptors (Lipinski definition) is 6. The number of carbonyl (C=O) groups excluding carboxylic acids is 3. The van der Waals surface area contributed by atoms with Crippen molar-refractivity contribution in [2.75, 3.05) is 11.9 Å². The molecule has 9 heteroatoms. The van der Waals surface area contributed by atoms with Crippen molar-refractivity contribution in [2.24, 2.45) is 0 Å². The highest BCUT2D eigenvalue weighted by molar-refractivity contribution is 8.18. The zero-order valence-electron chi connectivity index (χ0n) is 24.3. The molecular formula is C34H30N4O4S. The van der Waals surface area contributed by atoms with Crippen LogP contribution in [0.4, 0.5) is 10.5 Å². The van der Waals surface area contributed by atoms with Crippen molar-refractivity contribution >= 4 is 40.6 Å². The molecule has 1 aromatic heterocycles. The molecule has 1 aliphatic heterocycles. The number of aromatic nitrogens is 1. The monoisotopic (exact) mass is 590 g/mol. The number of thioether (sulfide) groups is 1. The lowest BCUT2D eigenvalue weighted by Crippen LogP contribution is -2.36. The van der Waals surface area contributed by atoms with E-state index in [1.807, 2.05) is 88.4 Å². The first-order valence-corrected chi connectivity index (χ1v) is 14.5. The van der Waals surface area contributed by atoms with Gasteiger partial charge in [0.2, 0.25) is 5.91 Å². The molecule has 4 aromatic rings. The van der Waals surface area contributed by atoms with Gasteiger partial charge in [0.1, 0.15) is 18.9 Å². The van der Waals surface area contributed by atoms with Gasteiger partial charge >= 0.3 is 0 Å². The number of nitrogens with one attached hydrogen (secondary N) is 1. The molecule has 3 aromatic carbocycles. The second kappa shape index (κ2) is 12.4. The average molecular weight is 591 g/mol. The molecular weight excluding hydrogens is 560 g/mol. The van der Waals surface area contributed by atoms with Crippen molar-refractivity contribution < 1.29 is 19.1 Å². The van der Waals surface area contributed by atoms with Gasteiger partial charge in [0, 0.05) is 28.3 Å². The van der Waals surface area contributed by atoms with Crippen molar-refractivity contribution in [2.45, 2.75) is 34.3 Å². The van der Waals surface area contributed by atoms with Crippen molar-refractivity contribution in [3.63, 3.8) is 0 Å². The second-order valence-electron chi connectivity index (χ2n) is 10.3. The summed E-state index contributed by atoms with van der Waals surface area (Å²) >= 11 is 0.830. The SMILES string of the molecule is Cc1ccc(NC(=O)CN2C(=O)S/C(=C/c3cc(C)n(-c4ccc(OCc5ccccc5C#N)cc4)c3C)C2=O)cc1C. The largest absolute Gasteiger partial charge is 0.489 e. The number of ether oxygens (including phenoxy) is 1. The summed E-state index contributed by atoms with van der Waals surface area (Å²) in [4.78, 5) is 39.7. The van der Waals surface area contributed by atoms with E-state index in [0.717, 1.165) is 56.0 Å². The standard InChI is InChI=1S/C34H30N4O4S/c1-21-9-10-28(15-22(21)2)36-32(39)19-37-33(40)31(43-34(37)41)17-27-16-23(3)38(24(27)4)29-11-13-30(14-12-29)42-20-26-8-6-5-7-25(26)18-35/h5-17H,19-20H2,1-4H3,(H,36,39)/b31-17+. The maximum absolute atomic E-state index is 13.1. The Morgan fingerprint density at radius 2 is 1.72 bits per heavy atom. The molecule has 0 bridgehead atoms. The average Bonchev–Trinajstić information content (AvgIpc) is 3.42. The van der Waals surface area contributed by atoms with Crippen LogP contribution in [0.3, 0.4) is 0 Å². The van der Waals surface area contributed by atoms with Crippen LogP contribution < -0.4 is 10.1 Å². The molecule has 216 valence electrons. The third-order valence-electron chi connectivity index (χ3n) is 7.35. The van der Waals surface area contributed by atoms with E-state index in [1.165, 1.54) is 0 Å². The minimum absolute atomic E-state index is 0.269. The Hall–Kier alpha value is -5.07. The van der Waals surface area contributed by atoms with Gasteiger partial charge in [0.15, 0.2) is 0 Å². The van der Waals surface area contributed by atoms with E-state index >= 15 is 0 Å². The lowest BCUT2D eigenvalue weighted by molar-refractivity contribution is -0.127. The molecule has 5 rings (SSSR count). The Morgan fingerprint density at radius 1 is 0.977 bits per heavy atom. The van der Waals surface area contributed by atoms with E-state index in [-0.39, 0.29) is 18.1 Å². The van der Waals surface area contributed by atoms with Crippen molar-refractivity contribution in [3.05, 3.63) is 117 Å². The molecule has 8 nitrogen and oxygen atoms in total. The summed E-state index contributed by atoms with van der Waals surface area (Å²) in [5.41, 5.74) is 7.73. The highest BCUT2D eigenvalue weighted by Gasteiger charge is 2.36. The normalized spacial score (nSPS) is 13.8. The molecule has 0 saturated carbocycles. The predicted molar refractivity (Wildman–Crippen MR) is 168 cm³/mol. The second-order valence-corrected chi connectivity index (χ2v) is 11.3. The Bertz CT molecular complexity index is 1820. The maximum Gasteiger partial charge on any atom is 0.294 e. The Kier molecular flexibility index (Phi) is 8.51. The molecule has 3 amide bonds. The van der Waals surface area contributed by atoms with Crippen LogP contribution in [0.2, 0.25) is 0 Å². The minimum Gasteiger partial charge on any atom is -0.489 e. The number of benzene rings is 3. The van der Waals surface area contributed by atoms with Gasteiger partial charge in [-0.05, 0) is 111 Å². The van der Waals surface area contributed by atoms with Crippen LogP contribution in [-0.4, -0.2) is 33.1 Å². The Balaban J connectivity index is 1.27. The zero-order chi connectivity index (χ0) is 30.7. The third-order valence-corrected chi connectivity index (χ3v) is 8.26. The lowest BCUT2D eigenvalue weighted by Gasteiger charge is -2.13. The van der Waals surface area contributed by atoms with Crippen LogP contribution in [0.25, 0.3) is 11.8 Å². The summed E-state index contributed by atoms with van der Waals surface area (Å²) in [5, 5.41) is 11.6. The van der Waals surface area contributed by atoms with E-state index < -0.39 is 17.1 Å². The molecule has 0 spiro atoms. The third kappa shape index (κ3) is 6.40. The summed E-state index contributed by atoms with van der Waals surface area (Å²) < 4.78 is 7.96. The fraction of sp³-hybridized carbons (Fsp3) is 0.176. The van der Waals surface area contributed by atoms with Gasteiger partial charge in [-0.3, -0.25) is 19.3 Å². The van der Waals surface area contributed by atoms with E-state index in [4.69, 9.17) is 4.74 Å². The summed E-state index contributed by atoms with van der Waals surface area (Å²) in [6.45, 7) is 7.78. The van der Waals surface area contributed by atoms with Crippen molar-refractivity contribution in [3.8, 4) is 17.5 Å². The van der Waals surface area contributed by atoms with Crippen LogP contribution >= 0.6 is 11.8 Å². The van der Waals surface area contributed by atoms with E-state index in [2.05, 4.69) is 16.0 Å². The van der Waals surface area contributed by atoms with Crippen LogP contribution in [0, 0.1) is 39.0 Å². The van der Waals surface area contributed by atoms with Gasteiger partial charge < -0.3 is 14.6 Å². The fourth-order valence-corrected chi connectivity index (χ4v) is 5.71.